The molecule has 112 valence electrons. The molecule has 1 heterocycles. The summed E-state index contributed by atoms with van der Waals surface area (Å²) >= 11 is 0. The number of aromatic nitrogens is 1. The Bertz CT molecular complexity index is 673. The molecule has 5 nitrogen and oxygen atoms in total. The average molecular weight is 288 g/mol. The van der Waals surface area contributed by atoms with Crippen LogP contribution in [0.2, 0.25) is 0 Å². The number of fused-ring (bicyclic) bond motifs is 1. The number of aryl methyl sites for hydroxylation is 1. The van der Waals surface area contributed by atoms with E-state index in [0.717, 1.165) is 16.6 Å². The van der Waals surface area contributed by atoms with Gasteiger partial charge in [-0.2, -0.15) is 0 Å². The van der Waals surface area contributed by atoms with Crippen molar-refractivity contribution in [2.24, 2.45) is 0 Å². The molecule has 0 aliphatic heterocycles. The molecule has 0 fully saturated rings. The molecular weight excluding hydrogens is 268 g/mol. The van der Waals surface area contributed by atoms with E-state index in [0.29, 0.717) is 5.56 Å². The number of aromatic amines is 1. The molecule has 21 heavy (non-hydrogen) atoms. The predicted molar refractivity (Wildman–Crippen MR) is 81.2 cm³/mol. The van der Waals surface area contributed by atoms with Gasteiger partial charge in [0, 0.05) is 22.6 Å². The number of hydrogen-bond donors (Lipinski definition) is 1. The Morgan fingerprint density at radius 2 is 1.95 bits per heavy atom. The highest BCUT2D eigenvalue weighted by Gasteiger charge is 2.25. The van der Waals surface area contributed by atoms with Crippen LogP contribution >= 0.6 is 0 Å². The number of ether oxygens (including phenoxy) is 1. The molecule has 2 rings (SSSR count). The minimum atomic E-state index is -0.422. The van der Waals surface area contributed by atoms with Gasteiger partial charge in [-0.1, -0.05) is 18.2 Å². The van der Waals surface area contributed by atoms with Crippen LogP contribution in [0.5, 0.6) is 0 Å². The third-order valence-corrected chi connectivity index (χ3v) is 3.52. The number of para-hydroxylation sites is 1. The Labute approximate surface area is 123 Å². The predicted octanol–water partition coefficient (Wildman–Crippen LogP) is 2.50. The van der Waals surface area contributed by atoms with Gasteiger partial charge in [0.2, 0.25) is 0 Å². The van der Waals surface area contributed by atoms with Crippen molar-refractivity contribution in [3.8, 4) is 0 Å². The second kappa shape index (κ2) is 5.99. The summed E-state index contributed by atoms with van der Waals surface area (Å²) in [4.78, 5) is 29.1. The average Bonchev–Trinajstić information content (AvgIpc) is 2.79. The lowest BCUT2D eigenvalue weighted by molar-refractivity contribution is -0.141. The summed E-state index contributed by atoms with van der Waals surface area (Å²) in [5.41, 5.74) is 2.33. The van der Waals surface area contributed by atoms with Gasteiger partial charge in [-0.3, -0.25) is 9.59 Å². The summed E-state index contributed by atoms with van der Waals surface area (Å²) in [5.74, 6) is -0.583. The number of esters is 1. The highest BCUT2D eigenvalue weighted by Crippen LogP contribution is 2.24. The number of nitrogens with one attached hydrogen (secondary N) is 1. The zero-order valence-electron chi connectivity index (χ0n) is 12.8. The highest BCUT2D eigenvalue weighted by molar-refractivity contribution is 6.08. The summed E-state index contributed by atoms with van der Waals surface area (Å²) in [6.45, 7) is 5.58. The van der Waals surface area contributed by atoms with Crippen LogP contribution in [-0.4, -0.2) is 41.5 Å². The van der Waals surface area contributed by atoms with Crippen molar-refractivity contribution < 1.29 is 14.3 Å². The smallest absolute Gasteiger partial charge is 0.325 e. The minimum Gasteiger partial charge on any atom is -0.468 e. The van der Waals surface area contributed by atoms with Gasteiger partial charge >= 0.3 is 5.97 Å². The first kappa shape index (κ1) is 15.1. The van der Waals surface area contributed by atoms with E-state index in [2.05, 4.69) is 9.72 Å². The number of carbonyl (C=O) groups excluding carboxylic acids is 2. The SMILES string of the molecule is COC(=O)CN(C(=O)c1c(C)[nH]c2ccccc12)C(C)C. The zero-order chi connectivity index (χ0) is 15.6. The standard InChI is InChI=1S/C16H20N2O3/c1-10(2)18(9-14(19)21-4)16(20)15-11(3)17-13-8-6-5-7-12(13)15/h5-8,10,17H,9H2,1-4H3. The lowest BCUT2D eigenvalue weighted by Crippen LogP contribution is -2.41. The normalized spacial score (nSPS) is 10.9. The molecular formula is C16H20N2O3. The second-order valence-corrected chi connectivity index (χ2v) is 5.27. The fourth-order valence-corrected chi connectivity index (χ4v) is 2.39. The Morgan fingerprint density at radius 1 is 1.29 bits per heavy atom. The maximum Gasteiger partial charge on any atom is 0.325 e. The lowest BCUT2D eigenvalue weighted by Gasteiger charge is -2.25. The largest absolute Gasteiger partial charge is 0.468 e. The van der Waals surface area contributed by atoms with Crippen molar-refractivity contribution in [3.63, 3.8) is 0 Å². The maximum atomic E-state index is 12.8. The summed E-state index contributed by atoms with van der Waals surface area (Å²) in [7, 11) is 1.32. The molecule has 0 radical (unpaired) electrons. The van der Waals surface area contributed by atoms with E-state index in [-0.39, 0.29) is 18.5 Å². The van der Waals surface area contributed by atoms with E-state index in [1.165, 1.54) is 12.0 Å². The molecule has 0 bridgehead atoms. The number of H-pyrrole nitrogens is 1. The molecule has 1 aromatic heterocycles. The van der Waals surface area contributed by atoms with Crippen molar-refractivity contribution in [1.29, 1.82) is 0 Å². The Kier molecular flexibility index (Phi) is 4.31. The van der Waals surface area contributed by atoms with Crippen molar-refractivity contribution in [2.75, 3.05) is 13.7 Å². The number of hydrogen-bond acceptors (Lipinski definition) is 3. The van der Waals surface area contributed by atoms with Gasteiger partial charge in [-0.05, 0) is 26.8 Å². The first-order valence-corrected chi connectivity index (χ1v) is 6.90. The van der Waals surface area contributed by atoms with E-state index >= 15 is 0 Å². The summed E-state index contributed by atoms with van der Waals surface area (Å²) < 4.78 is 4.68. The summed E-state index contributed by atoms with van der Waals surface area (Å²) in [6, 6.07) is 7.56. The molecule has 2 aromatic rings. The molecule has 0 unspecified atom stereocenters. The first-order chi connectivity index (χ1) is 9.95. The lowest BCUT2D eigenvalue weighted by atomic mass is 10.1. The van der Waals surface area contributed by atoms with Gasteiger partial charge in [0.1, 0.15) is 6.54 Å². The third kappa shape index (κ3) is 2.91. The van der Waals surface area contributed by atoms with Gasteiger partial charge in [-0.15, -0.1) is 0 Å². The molecule has 0 aliphatic carbocycles. The summed E-state index contributed by atoms with van der Waals surface area (Å²) in [5, 5.41) is 0.871. The Morgan fingerprint density at radius 3 is 2.57 bits per heavy atom. The molecule has 1 N–H and O–H groups in total. The second-order valence-electron chi connectivity index (χ2n) is 5.27. The van der Waals surface area contributed by atoms with E-state index < -0.39 is 5.97 Å². The van der Waals surface area contributed by atoms with Crippen LogP contribution in [0.3, 0.4) is 0 Å². The molecule has 1 amide bonds. The van der Waals surface area contributed by atoms with Crippen molar-refractivity contribution in [1.82, 2.24) is 9.88 Å². The van der Waals surface area contributed by atoms with Gasteiger partial charge in [0.15, 0.2) is 0 Å². The topological polar surface area (TPSA) is 62.4 Å². The molecule has 5 heteroatoms. The molecule has 0 aliphatic rings. The zero-order valence-corrected chi connectivity index (χ0v) is 12.8. The van der Waals surface area contributed by atoms with E-state index in [1.807, 2.05) is 45.0 Å². The number of amides is 1. The van der Waals surface area contributed by atoms with Crippen LogP contribution in [0.25, 0.3) is 10.9 Å². The number of carbonyl (C=O) groups is 2. The van der Waals surface area contributed by atoms with E-state index in [9.17, 15) is 9.59 Å². The first-order valence-electron chi connectivity index (χ1n) is 6.90. The van der Waals surface area contributed by atoms with Crippen molar-refractivity contribution in [3.05, 3.63) is 35.5 Å². The quantitative estimate of drug-likeness (QED) is 0.879. The Hall–Kier alpha value is -2.30. The molecule has 0 atom stereocenters. The number of nitrogens with zero attached hydrogens (tertiary/aromatic N) is 1. The van der Waals surface area contributed by atoms with E-state index in [1.54, 1.807) is 0 Å². The van der Waals surface area contributed by atoms with Crippen LogP contribution in [0.15, 0.2) is 24.3 Å². The fraction of sp³-hybridized carbons (Fsp3) is 0.375. The van der Waals surface area contributed by atoms with Crippen LogP contribution in [-0.2, 0) is 9.53 Å². The van der Waals surface area contributed by atoms with Crippen LogP contribution < -0.4 is 0 Å². The number of benzene rings is 1. The number of methoxy groups -OCH3 is 1. The van der Waals surface area contributed by atoms with Gasteiger partial charge in [0.05, 0.1) is 12.7 Å². The Balaban J connectivity index is 2.43. The highest BCUT2D eigenvalue weighted by atomic mass is 16.5. The molecule has 0 saturated carbocycles. The van der Waals surface area contributed by atoms with Crippen molar-refractivity contribution >= 4 is 22.8 Å². The van der Waals surface area contributed by atoms with E-state index in [4.69, 9.17) is 0 Å². The van der Waals surface area contributed by atoms with Crippen LogP contribution in [0.4, 0.5) is 0 Å². The van der Waals surface area contributed by atoms with Gasteiger partial charge in [0.25, 0.3) is 5.91 Å². The minimum absolute atomic E-state index is 0.0497. The molecule has 0 spiro atoms. The number of rotatable bonds is 4. The maximum absolute atomic E-state index is 12.8. The monoisotopic (exact) mass is 288 g/mol. The molecule has 0 saturated heterocycles. The van der Waals surface area contributed by atoms with Gasteiger partial charge < -0.3 is 14.6 Å². The molecule has 1 aromatic carbocycles. The van der Waals surface area contributed by atoms with Crippen LogP contribution in [0, 0.1) is 6.92 Å². The van der Waals surface area contributed by atoms with Gasteiger partial charge in [-0.25, -0.2) is 0 Å². The van der Waals surface area contributed by atoms with Crippen molar-refractivity contribution in [2.45, 2.75) is 26.8 Å². The van der Waals surface area contributed by atoms with Crippen LogP contribution in [0.1, 0.15) is 29.9 Å². The third-order valence-electron chi connectivity index (χ3n) is 3.52. The fourth-order valence-electron chi connectivity index (χ4n) is 2.39. The summed E-state index contributed by atoms with van der Waals surface area (Å²) in [6.07, 6.45) is 0.